The first kappa shape index (κ1) is 12.4. The van der Waals surface area contributed by atoms with Gasteiger partial charge in [-0.2, -0.15) is 0 Å². The van der Waals surface area contributed by atoms with E-state index >= 15 is 0 Å². The first-order valence-electron chi connectivity index (χ1n) is 4.58. The summed E-state index contributed by atoms with van der Waals surface area (Å²) in [4.78, 5) is 11.6. The number of phenolic OH excluding ortho intramolecular Hbond substituents is 1. The molecular weight excluding hydrogens is 281 g/mol. The minimum atomic E-state index is 0.0732. The molecule has 0 saturated heterocycles. The fourth-order valence-electron chi connectivity index (χ4n) is 1.17. The summed E-state index contributed by atoms with van der Waals surface area (Å²) in [6, 6.07) is 3.04. The van der Waals surface area contributed by atoms with Gasteiger partial charge in [-0.3, -0.25) is 0 Å². The van der Waals surface area contributed by atoms with Gasteiger partial charge >= 0.3 is 0 Å². The van der Waals surface area contributed by atoms with Crippen molar-refractivity contribution in [2.45, 2.75) is 10.9 Å². The lowest BCUT2D eigenvalue weighted by molar-refractivity contribution is 0.471. The van der Waals surface area contributed by atoms with Crippen LogP contribution in [0.3, 0.4) is 0 Å². The molecule has 2 rings (SSSR count). The highest BCUT2D eigenvalue weighted by molar-refractivity contribution is 7.98. The standard InChI is InChI=1S/C10H7Cl2N3OS/c11-6-1-8(12)7(9(16)2-6)3-17-10-14-4-13-5-15-10/h1-2,4-5,16H,3H2. The van der Waals surface area contributed by atoms with E-state index in [1.807, 2.05) is 0 Å². The van der Waals surface area contributed by atoms with E-state index in [1.54, 1.807) is 6.07 Å². The Kier molecular flexibility index (Phi) is 4.04. The maximum absolute atomic E-state index is 9.71. The molecule has 1 aromatic heterocycles. The molecule has 0 spiro atoms. The number of hydrogen-bond acceptors (Lipinski definition) is 5. The van der Waals surface area contributed by atoms with Crippen molar-refractivity contribution in [3.63, 3.8) is 0 Å². The summed E-state index contributed by atoms with van der Waals surface area (Å²) in [7, 11) is 0. The monoisotopic (exact) mass is 287 g/mol. The van der Waals surface area contributed by atoms with Gasteiger partial charge in [0.25, 0.3) is 0 Å². The van der Waals surface area contributed by atoms with Crippen LogP contribution >= 0.6 is 35.0 Å². The van der Waals surface area contributed by atoms with E-state index in [2.05, 4.69) is 15.0 Å². The van der Waals surface area contributed by atoms with Crippen molar-refractivity contribution in [2.24, 2.45) is 0 Å². The van der Waals surface area contributed by atoms with Gasteiger partial charge in [-0.1, -0.05) is 35.0 Å². The Hall–Kier alpha value is -1.04. The molecule has 88 valence electrons. The molecule has 0 amide bonds. The van der Waals surface area contributed by atoms with E-state index < -0.39 is 0 Å². The molecule has 0 aliphatic carbocycles. The number of benzene rings is 1. The molecule has 17 heavy (non-hydrogen) atoms. The third kappa shape index (κ3) is 3.21. The van der Waals surface area contributed by atoms with Gasteiger partial charge in [0, 0.05) is 21.4 Å². The van der Waals surface area contributed by atoms with Crippen LogP contribution in [0.2, 0.25) is 10.0 Å². The summed E-state index contributed by atoms with van der Waals surface area (Å²) in [5.41, 5.74) is 0.612. The van der Waals surface area contributed by atoms with Crippen molar-refractivity contribution in [1.29, 1.82) is 0 Å². The Morgan fingerprint density at radius 3 is 2.53 bits per heavy atom. The number of nitrogens with zero attached hydrogens (tertiary/aromatic N) is 3. The predicted octanol–water partition coefficient (Wildman–Crippen LogP) is 3.18. The zero-order valence-corrected chi connectivity index (χ0v) is 10.8. The van der Waals surface area contributed by atoms with Crippen molar-refractivity contribution in [3.8, 4) is 5.75 Å². The third-order valence-electron chi connectivity index (χ3n) is 1.95. The summed E-state index contributed by atoms with van der Waals surface area (Å²) in [5, 5.41) is 11.1. The second kappa shape index (κ2) is 5.53. The predicted molar refractivity (Wildman–Crippen MR) is 67.5 cm³/mol. The number of aromatic nitrogens is 3. The van der Waals surface area contributed by atoms with Crippen molar-refractivity contribution in [2.75, 3.05) is 0 Å². The van der Waals surface area contributed by atoms with Crippen LogP contribution in [0.4, 0.5) is 0 Å². The largest absolute Gasteiger partial charge is 0.508 e. The Labute approximate surface area is 112 Å². The second-order valence-corrected chi connectivity index (χ2v) is 4.88. The van der Waals surface area contributed by atoms with E-state index in [4.69, 9.17) is 23.2 Å². The molecule has 2 aromatic rings. The average molecular weight is 288 g/mol. The minimum Gasteiger partial charge on any atom is -0.508 e. The fraction of sp³-hybridized carbons (Fsp3) is 0.100. The number of halogens is 2. The molecule has 7 heteroatoms. The normalized spacial score (nSPS) is 10.5. The van der Waals surface area contributed by atoms with E-state index in [9.17, 15) is 5.11 Å². The summed E-state index contributed by atoms with van der Waals surface area (Å²) in [6.45, 7) is 0. The van der Waals surface area contributed by atoms with E-state index in [-0.39, 0.29) is 5.75 Å². The summed E-state index contributed by atoms with van der Waals surface area (Å²) in [5.74, 6) is 0.537. The summed E-state index contributed by atoms with van der Waals surface area (Å²) >= 11 is 13.1. The highest BCUT2D eigenvalue weighted by atomic mass is 35.5. The Bertz CT molecular complexity index is 501. The second-order valence-electron chi connectivity index (χ2n) is 3.09. The van der Waals surface area contributed by atoms with Crippen LogP contribution < -0.4 is 0 Å². The Balaban J connectivity index is 2.15. The van der Waals surface area contributed by atoms with Gasteiger partial charge in [-0.05, 0) is 12.1 Å². The first-order valence-corrected chi connectivity index (χ1v) is 6.32. The lowest BCUT2D eigenvalue weighted by Crippen LogP contribution is -1.89. The summed E-state index contributed by atoms with van der Waals surface area (Å²) < 4.78 is 0. The molecule has 4 nitrogen and oxygen atoms in total. The lowest BCUT2D eigenvalue weighted by Gasteiger charge is -2.06. The first-order chi connectivity index (χ1) is 8.16. The van der Waals surface area contributed by atoms with Crippen LogP contribution in [0.25, 0.3) is 0 Å². The number of phenols is 1. The number of thioether (sulfide) groups is 1. The van der Waals surface area contributed by atoms with Crippen molar-refractivity contribution in [3.05, 3.63) is 40.4 Å². The van der Waals surface area contributed by atoms with Crippen molar-refractivity contribution in [1.82, 2.24) is 15.0 Å². The van der Waals surface area contributed by atoms with Gasteiger partial charge in [0.1, 0.15) is 18.4 Å². The number of hydrogen-bond donors (Lipinski definition) is 1. The zero-order chi connectivity index (χ0) is 12.3. The number of rotatable bonds is 3. The highest BCUT2D eigenvalue weighted by Crippen LogP contribution is 2.33. The molecule has 1 aromatic carbocycles. The van der Waals surface area contributed by atoms with Crippen LogP contribution in [0.5, 0.6) is 5.75 Å². The van der Waals surface area contributed by atoms with Gasteiger partial charge in [-0.25, -0.2) is 15.0 Å². The van der Waals surface area contributed by atoms with Gasteiger partial charge in [0.05, 0.1) is 0 Å². The molecule has 1 N–H and O–H groups in total. The molecule has 0 bridgehead atoms. The molecule has 0 aliphatic rings. The summed E-state index contributed by atoms with van der Waals surface area (Å²) in [6.07, 6.45) is 2.83. The highest BCUT2D eigenvalue weighted by Gasteiger charge is 2.09. The number of aromatic hydroxyl groups is 1. The average Bonchev–Trinajstić information content (AvgIpc) is 2.29. The van der Waals surface area contributed by atoms with E-state index in [0.717, 1.165) is 0 Å². The van der Waals surface area contributed by atoms with Crippen LogP contribution in [0, 0.1) is 0 Å². The van der Waals surface area contributed by atoms with Crippen LogP contribution in [0.15, 0.2) is 29.9 Å². The molecule has 0 unspecified atom stereocenters. The molecular formula is C10H7Cl2N3OS. The maximum atomic E-state index is 9.71. The minimum absolute atomic E-state index is 0.0732. The van der Waals surface area contributed by atoms with Crippen molar-refractivity contribution >= 4 is 35.0 Å². The van der Waals surface area contributed by atoms with Gasteiger partial charge in [-0.15, -0.1) is 0 Å². The van der Waals surface area contributed by atoms with Gasteiger partial charge in [0.15, 0.2) is 5.16 Å². The van der Waals surface area contributed by atoms with E-state index in [1.165, 1.54) is 30.5 Å². The molecule has 0 saturated carbocycles. The van der Waals surface area contributed by atoms with Crippen molar-refractivity contribution < 1.29 is 5.11 Å². The topological polar surface area (TPSA) is 58.9 Å². The maximum Gasteiger partial charge on any atom is 0.190 e. The van der Waals surface area contributed by atoms with Crippen LogP contribution in [-0.4, -0.2) is 20.1 Å². The Morgan fingerprint density at radius 2 is 1.88 bits per heavy atom. The molecule has 0 aliphatic heterocycles. The fourth-order valence-corrected chi connectivity index (χ4v) is 2.62. The van der Waals surface area contributed by atoms with Gasteiger partial charge < -0.3 is 5.11 Å². The SMILES string of the molecule is Oc1cc(Cl)cc(Cl)c1CSc1ncncn1. The van der Waals surface area contributed by atoms with Gasteiger partial charge in [0.2, 0.25) is 0 Å². The smallest absolute Gasteiger partial charge is 0.190 e. The molecule has 0 atom stereocenters. The Morgan fingerprint density at radius 1 is 1.18 bits per heavy atom. The van der Waals surface area contributed by atoms with E-state index in [0.29, 0.717) is 26.5 Å². The quantitative estimate of drug-likeness (QED) is 0.879. The lowest BCUT2D eigenvalue weighted by atomic mass is 10.2. The zero-order valence-electron chi connectivity index (χ0n) is 8.47. The van der Waals surface area contributed by atoms with Crippen LogP contribution in [-0.2, 0) is 5.75 Å². The molecule has 0 radical (unpaired) electrons. The molecule has 0 fully saturated rings. The third-order valence-corrected chi connectivity index (χ3v) is 3.41. The van der Waals surface area contributed by atoms with Crippen LogP contribution in [0.1, 0.15) is 5.56 Å². The molecule has 1 heterocycles.